The van der Waals surface area contributed by atoms with Crippen LogP contribution in [0.3, 0.4) is 0 Å². The van der Waals surface area contributed by atoms with Gasteiger partial charge in [-0.1, -0.05) is 82.6 Å². The van der Waals surface area contributed by atoms with Crippen LogP contribution in [0.4, 0.5) is 0 Å². The molecule has 3 nitrogen and oxygen atoms in total. The molecule has 0 fully saturated rings. The lowest BCUT2D eigenvalue weighted by atomic mass is 9.42. The number of benzene rings is 2. The zero-order valence-electron chi connectivity index (χ0n) is 21.4. The van der Waals surface area contributed by atoms with E-state index in [0.29, 0.717) is 13.0 Å². The van der Waals surface area contributed by atoms with Gasteiger partial charge in [-0.25, -0.2) is 0 Å². The van der Waals surface area contributed by atoms with Crippen LogP contribution >= 0.6 is 0 Å². The minimum atomic E-state index is -2.07. The fourth-order valence-electron chi connectivity index (χ4n) is 6.86. The highest BCUT2D eigenvalue weighted by molar-refractivity contribution is 6.74. The van der Waals surface area contributed by atoms with Crippen molar-refractivity contribution in [2.24, 2.45) is 11.3 Å². The molecule has 0 aromatic heterocycles. The third-order valence-electron chi connectivity index (χ3n) is 9.42. The molecule has 0 saturated carbocycles. The monoisotopic (exact) mass is 474 g/mol. The van der Waals surface area contributed by atoms with Crippen LogP contribution in [0.5, 0.6) is 0 Å². The van der Waals surface area contributed by atoms with Gasteiger partial charge in [-0.2, -0.15) is 0 Å². The topological polar surface area (TPSA) is 46.5 Å². The highest BCUT2D eigenvalue weighted by Crippen LogP contribution is 2.70. The van der Waals surface area contributed by atoms with Crippen molar-refractivity contribution < 1.29 is 14.3 Å². The first kappa shape index (κ1) is 23.7. The molecule has 6 rings (SSSR count). The van der Waals surface area contributed by atoms with Crippen LogP contribution in [0.1, 0.15) is 74.6 Å². The maximum atomic E-state index is 14.1. The second-order valence-electron chi connectivity index (χ2n) is 12.1. The summed E-state index contributed by atoms with van der Waals surface area (Å²) in [6.45, 7) is 13.9. The third kappa shape index (κ3) is 2.98. The molecule has 4 aliphatic rings. The summed E-state index contributed by atoms with van der Waals surface area (Å²) in [5.74, 6) is -0.229. The van der Waals surface area contributed by atoms with Crippen LogP contribution < -0.4 is 0 Å². The molecule has 0 heterocycles. The average Bonchev–Trinajstić information content (AvgIpc) is 3.03. The van der Waals surface area contributed by atoms with E-state index in [1.165, 1.54) is 22.3 Å². The second-order valence-corrected chi connectivity index (χ2v) is 16.9. The zero-order chi connectivity index (χ0) is 24.5. The highest BCUT2D eigenvalue weighted by atomic mass is 28.4. The highest BCUT2D eigenvalue weighted by Gasteiger charge is 2.71. The zero-order valence-corrected chi connectivity index (χ0v) is 22.4. The number of hydrogen-bond acceptors (Lipinski definition) is 3. The lowest BCUT2D eigenvalue weighted by Crippen LogP contribution is -2.63. The van der Waals surface area contributed by atoms with E-state index in [0.717, 1.165) is 6.42 Å². The van der Waals surface area contributed by atoms with Gasteiger partial charge in [0.25, 0.3) is 0 Å². The first-order valence-corrected chi connectivity index (χ1v) is 15.7. The molecule has 3 atom stereocenters. The van der Waals surface area contributed by atoms with Gasteiger partial charge in [0, 0.05) is 24.4 Å². The van der Waals surface area contributed by atoms with Crippen LogP contribution in [0, 0.1) is 11.3 Å². The van der Waals surface area contributed by atoms with E-state index in [1.54, 1.807) is 6.08 Å². The van der Waals surface area contributed by atoms with Crippen LogP contribution in [0.15, 0.2) is 60.7 Å². The van der Waals surface area contributed by atoms with Gasteiger partial charge in [0.15, 0.2) is 14.1 Å². The SMILES string of the molecule is CCC[C@]1(O)C=CC(=O)[C@@]12C1c3ccccc3C(c3ccccc31)[C@@H]2CO[Si](C)(C)C(C)(C)C. The first-order chi connectivity index (χ1) is 16.0. The maximum absolute atomic E-state index is 14.1. The van der Waals surface area contributed by atoms with Crippen molar-refractivity contribution in [1.82, 2.24) is 0 Å². The Bertz CT molecular complexity index is 1110. The van der Waals surface area contributed by atoms with Crippen LogP contribution in [0.2, 0.25) is 18.1 Å². The molecular formula is C30H38O3Si. The van der Waals surface area contributed by atoms with Gasteiger partial charge >= 0.3 is 0 Å². The Morgan fingerprint density at radius 2 is 1.50 bits per heavy atom. The van der Waals surface area contributed by atoms with Gasteiger partial charge in [0.1, 0.15) is 0 Å². The number of aliphatic hydroxyl groups is 1. The van der Waals surface area contributed by atoms with Crippen LogP contribution in [-0.4, -0.2) is 31.4 Å². The standard InChI is InChI=1S/C30H38O3Si/c1-7-17-29(32)18-16-25(31)30(29)24(19-33-34(5,6)28(2,3)4)26-20-12-8-10-14-22(20)27(30)23-15-11-9-13-21(23)26/h8-16,18,24,26-27,32H,7,17,19H2,1-6H3/t24-,26?,27?,29-,30-/m0/s1. The Hall–Kier alpha value is -2.01. The number of carbonyl (C=O) groups excluding carboxylic acids is 1. The first-order valence-electron chi connectivity index (χ1n) is 12.8. The molecule has 2 aromatic rings. The van der Waals surface area contributed by atoms with E-state index in [1.807, 2.05) is 6.08 Å². The molecule has 180 valence electrons. The quantitative estimate of drug-likeness (QED) is 0.498. The number of hydrogen-bond donors (Lipinski definition) is 1. The van der Waals surface area contributed by atoms with E-state index in [4.69, 9.17) is 4.43 Å². The molecular weight excluding hydrogens is 436 g/mol. The van der Waals surface area contributed by atoms with Gasteiger partial charge in [-0.3, -0.25) is 4.79 Å². The number of allylic oxidation sites excluding steroid dienone is 1. The number of ketones is 1. The van der Waals surface area contributed by atoms with E-state index in [2.05, 4.69) is 89.3 Å². The van der Waals surface area contributed by atoms with Gasteiger partial charge in [0.05, 0.1) is 11.0 Å². The third-order valence-corrected chi connectivity index (χ3v) is 13.9. The maximum Gasteiger partial charge on any atom is 0.191 e. The predicted molar refractivity (Wildman–Crippen MR) is 140 cm³/mol. The Labute approximate surface area is 205 Å². The summed E-state index contributed by atoms with van der Waals surface area (Å²) in [5, 5.41) is 12.4. The molecule has 1 spiro atoms. The van der Waals surface area contributed by atoms with Crippen molar-refractivity contribution in [2.75, 3.05) is 6.61 Å². The van der Waals surface area contributed by atoms with Gasteiger partial charge < -0.3 is 9.53 Å². The molecule has 0 unspecified atom stereocenters. The number of carbonyl (C=O) groups is 1. The fourth-order valence-corrected chi connectivity index (χ4v) is 7.89. The summed E-state index contributed by atoms with van der Waals surface area (Å²) in [4.78, 5) is 14.1. The van der Waals surface area contributed by atoms with Crippen molar-refractivity contribution in [2.45, 2.75) is 76.1 Å². The van der Waals surface area contributed by atoms with E-state index in [-0.39, 0.29) is 28.6 Å². The van der Waals surface area contributed by atoms with Gasteiger partial charge in [0.2, 0.25) is 0 Å². The summed E-state index contributed by atoms with van der Waals surface area (Å²) in [5.41, 5.74) is 2.84. The molecule has 0 aliphatic heterocycles. The lowest BCUT2D eigenvalue weighted by Gasteiger charge is -2.61. The normalized spacial score (nSPS) is 31.7. The minimum absolute atomic E-state index is 0.0226. The molecule has 2 aromatic carbocycles. The molecule has 4 aliphatic carbocycles. The van der Waals surface area contributed by atoms with Gasteiger partial charge in [-0.15, -0.1) is 0 Å². The number of rotatable bonds is 5. The molecule has 0 radical (unpaired) electrons. The van der Waals surface area contributed by atoms with Gasteiger partial charge in [-0.05, 0) is 59.0 Å². The lowest BCUT2D eigenvalue weighted by molar-refractivity contribution is -0.153. The van der Waals surface area contributed by atoms with E-state index < -0.39 is 19.3 Å². The van der Waals surface area contributed by atoms with Crippen LogP contribution in [0.25, 0.3) is 0 Å². The molecule has 0 amide bonds. The van der Waals surface area contributed by atoms with Crippen molar-refractivity contribution in [3.8, 4) is 0 Å². The molecule has 34 heavy (non-hydrogen) atoms. The molecule has 1 N–H and O–H groups in total. The van der Waals surface area contributed by atoms with Crippen molar-refractivity contribution in [1.29, 1.82) is 0 Å². The van der Waals surface area contributed by atoms with Crippen molar-refractivity contribution in [3.63, 3.8) is 0 Å². The Morgan fingerprint density at radius 1 is 0.971 bits per heavy atom. The second kappa shape index (κ2) is 7.74. The Kier molecular flexibility index (Phi) is 5.40. The molecule has 4 heteroatoms. The molecule has 2 bridgehead atoms. The smallest absolute Gasteiger partial charge is 0.191 e. The Morgan fingerprint density at radius 3 is 2.00 bits per heavy atom. The summed E-state index contributed by atoms with van der Waals surface area (Å²) < 4.78 is 6.87. The van der Waals surface area contributed by atoms with Crippen LogP contribution in [-0.2, 0) is 9.22 Å². The summed E-state index contributed by atoms with van der Waals surface area (Å²) >= 11 is 0. The van der Waals surface area contributed by atoms with Crippen molar-refractivity contribution >= 4 is 14.1 Å². The van der Waals surface area contributed by atoms with E-state index >= 15 is 0 Å². The largest absolute Gasteiger partial charge is 0.416 e. The van der Waals surface area contributed by atoms with E-state index in [9.17, 15) is 9.90 Å². The molecule has 0 saturated heterocycles. The Balaban J connectivity index is 1.76. The summed E-state index contributed by atoms with van der Waals surface area (Å²) in [7, 11) is -2.07. The summed E-state index contributed by atoms with van der Waals surface area (Å²) in [6.07, 6.45) is 4.86. The predicted octanol–water partition coefficient (Wildman–Crippen LogP) is 6.57. The minimum Gasteiger partial charge on any atom is -0.416 e. The average molecular weight is 475 g/mol. The van der Waals surface area contributed by atoms with Crippen molar-refractivity contribution in [3.05, 3.63) is 82.9 Å². The summed E-state index contributed by atoms with van der Waals surface area (Å²) in [6, 6.07) is 17.1. The fraction of sp³-hybridized carbons (Fsp3) is 0.500.